The summed E-state index contributed by atoms with van der Waals surface area (Å²) >= 11 is 0. The number of anilines is 1. The molecule has 1 aromatic rings. The first-order valence-electron chi connectivity index (χ1n) is 13.0. The number of amides is 1. The lowest BCUT2D eigenvalue weighted by atomic mass is 9.58. The van der Waals surface area contributed by atoms with Crippen molar-refractivity contribution in [2.24, 2.45) is 17.6 Å². The van der Waals surface area contributed by atoms with Gasteiger partial charge in [-0.05, 0) is 58.5 Å². The van der Waals surface area contributed by atoms with Crippen molar-refractivity contribution in [3.63, 3.8) is 0 Å². The molecule has 1 amide bonds. The Kier molecular flexibility index (Phi) is 7.50. The zero-order valence-corrected chi connectivity index (χ0v) is 23.5. The summed E-state index contributed by atoms with van der Waals surface area (Å²) in [6.07, 6.45) is 0.199. The molecule has 218 valence electrons. The molecule has 4 rings (SSSR count). The number of allylic oxidation sites excluding steroid dienone is 1. The Morgan fingerprint density at radius 2 is 1.80 bits per heavy atom. The lowest BCUT2D eigenvalue weighted by molar-refractivity contribution is -0.148. The highest BCUT2D eigenvalue weighted by molar-refractivity contribution is 6.24. The number of rotatable bonds is 7. The van der Waals surface area contributed by atoms with Gasteiger partial charge >= 0.3 is 0 Å². The monoisotopic (exact) mass is 560 g/mol. The SMILES string of the molecule is CC(CF)N(C)Cc1cc(N(C)C)c2c(c1O)C(=O)C1=C(O)[C@]3(O)C(=O)C(C(N)=O)=C(O)[C@@H](N(C)C)[C@@H]3CC1C2. The Balaban J connectivity index is 1.94. The highest BCUT2D eigenvalue weighted by Crippen LogP contribution is 2.53. The predicted octanol–water partition coefficient (Wildman–Crippen LogP) is 0.976. The zero-order valence-electron chi connectivity index (χ0n) is 23.5. The van der Waals surface area contributed by atoms with Crippen LogP contribution in [0.4, 0.5) is 10.1 Å². The van der Waals surface area contributed by atoms with Crippen LogP contribution in [-0.2, 0) is 22.6 Å². The Bertz CT molecular complexity index is 1350. The molecular formula is C28H37FN4O7. The first-order valence-corrected chi connectivity index (χ1v) is 13.0. The number of aliphatic hydroxyl groups is 3. The molecule has 2 unspecified atom stereocenters. The molecule has 0 aliphatic heterocycles. The van der Waals surface area contributed by atoms with E-state index >= 15 is 0 Å². The van der Waals surface area contributed by atoms with Crippen molar-refractivity contribution in [2.75, 3.05) is 46.8 Å². The van der Waals surface area contributed by atoms with Gasteiger partial charge in [0.15, 0.2) is 11.4 Å². The summed E-state index contributed by atoms with van der Waals surface area (Å²) in [6.45, 7) is 1.21. The van der Waals surface area contributed by atoms with Crippen molar-refractivity contribution in [2.45, 2.75) is 44.0 Å². The number of primary amides is 1. The molecule has 1 aromatic carbocycles. The highest BCUT2D eigenvalue weighted by Gasteiger charge is 2.63. The second-order valence-corrected chi connectivity index (χ2v) is 11.5. The van der Waals surface area contributed by atoms with Crippen molar-refractivity contribution in [1.29, 1.82) is 0 Å². The number of fused-ring (bicyclic) bond motifs is 3. The number of benzene rings is 1. The number of carbonyl (C=O) groups is 3. The number of aromatic hydroxyl groups is 1. The second-order valence-electron chi connectivity index (χ2n) is 11.5. The third-order valence-corrected chi connectivity index (χ3v) is 8.66. The van der Waals surface area contributed by atoms with Crippen LogP contribution in [0.2, 0.25) is 0 Å². The average Bonchev–Trinajstić information content (AvgIpc) is 2.86. The maximum atomic E-state index is 14.0. The van der Waals surface area contributed by atoms with Gasteiger partial charge < -0.3 is 31.1 Å². The smallest absolute Gasteiger partial charge is 0.255 e. The molecule has 0 saturated heterocycles. The summed E-state index contributed by atoms with van der Waals surface area (Å²) in [6, 6.07) is 0.250. The van der Waals surface area contributed by atoms with Crippen LogP contribution in [0.1, 0.15) is 34.8 Å². The number of alkyl halides is 1. The van der Waals surface area contributed by atoms with Gasteiger partial charge in [-0.1, -0.05) is 0 Å². The largest absolute Gasteiger partial charge is 0.510 e. The zero-order chi connectivity index (χ0) is 30.0. The fraction of sp³-hybridized carbons (Fsp3) is 0.536. The van der Waals surface area contributed by atoms with E-state index in [1.807, 2.05) is 0 Å². The van der Waals surface area contributed by atoms with Gasteiger partial charge in [0.25, 0.3) is 5.91 Å². The van der Waals surface area contributed by atoms with Crippen LogP contribution in [0, 0.1) is 11.8 Å². The number of aliphatic hydroxyl groups excluding tert-OH is 2. The van der Waals surface area contributed by atoms with Gasteiger partial charge in [-0.3, -0.25) is 24.2 Å². The highest BCUT2D eigenvalue weighted by atomic mass is 19.1. The maximum Gasteiger partial charge on any atom is 0.255 e. The van der Waals surface area contributed by atoms with Crippen LogP contribution in [0.15, 0.2) is 28.7 Å². The molecule has 0 fully saturated rings. The topological polar surface area (TPSA) is 168 Å². The lowest BCUT2D eigenvalue weighted by Crippen LogP contribution is -2.63. The van der Waals surface area contributed by atoms with Gasteiger partial charge in [0.1, 0.15) is 29.5 Å². The Labute approximate surface area is 232 Å². The first kappa shape index (κ1) is 29.5. The summed E-state index contributed by atoms with van der Waals surface area (Å²) in [7, 11) is 8.42. The van der Waals surface area contributed by atoms with E-state index in [1.54, 1.807) is 58.0 Å². The van der Waals surface area contributed by atoms with E-state index in [9.17, 15) is 39.2 Å². The summed E-state index contributed by atoms with van der Waals surface area (Å²) in [5, 5.41) is 45.4. The number of ketones is 2. The van der Waals surface area contributed by atoms with Gasteiger partial charge in [0, 0.05) is 49.4 Å². The van der Waals surface area contributed by atoms with Crippen LogP contribution in [0.3, 0.4) is 0 Å². The molecule has 0 bridgehead atoms. The normalized spacial score (nSPS) is 27.1. The molecule has 3 aliphatic rings. The average molecular weight is 561 g/mol. The molecule has 3 aliphatic carbocycles. The Hall–Kier alpha value is -3.48. The molecule has 0 radical (unpaired) electrons. The summed E-state index contributed by atoms with van der Waals surface area (Å²) < 4.78 is 13.3. The summed E-state index contributed by atoms with van der Waals surface area (Å²) in [5.74, 6) is -6.91. The molecule has 0 aromatic heterocycles. The third-order valence-electron chi connectivity index (χ3n) is 8.66. The van der Waals surface area contributed by atoms with Gasteiger partial charge in [-0.25, -0.2) is 4.39 Å². The molecule has 11 nitrogen and oxygen atoms in total. The van der Waals surface area contributed by atoms with Crippen molar-refractivity contribution in [3.8, 4) is 5.75 Å². The number of phenolic OH excluding ortho intramolecular Hbond substituents is 1. The minimum Gasteiger partial charge on any atom is -0.510 e. The maximum absolute atomic E-state index is 14.0. The van der Waals surface area contributed by atoms with Gasteiger partial charge in [0.05, 0.1) is 11.6 Å². The number of hydrogen-bond acceptors (Lipinski definition) is 10. The third kappa shape index (κ3) is 4.16. The van der Waals surface area contributed by atoms with Crippen LogP contribution in [0.5, 0.6) is 5.75 Å². The number of carbonyl (C=O) groups excluding carboxylic acids is 3. The van der Waals surface area contributed by atoms with Crippen LogP contribution in [-0.4, -0.2) is 107 Å². The van der Waals surface area contributed by atoms with Crippen LogP contribution >= 0.6 is 0 Å². The van der Waals surface area contributed by atoms with E-state index in [2.05, 4.69) is 0 Å². The number of nitrogens with zero attached hydrogens (tertiary/aromatic N) is 3. The quantitative estimate of drug-likeness (QED) is 0.303. The summed E-state index contributed by atoms with van der Waals surface area (Å²) in [4.78, 5) is 44.6. The molecule has 0 spiro atoms. The number of halogens is 1. The molecule has 40 heavy (non-hydrogen) atoms. The molecule has 5 atom stereocenters. The predicted molar refractivity (Wildman–Crippen MR) is 145 cm³/mol. The molecular weight excluding hydrogens is 523 g/mol. The standard InChI is InChI=1S/C28H37FN4O7/c1-12(10-29)33(6)11-14-9-17(31(2)3)15-7-13-8-16-21(32(4)5)24(36)20(27(30)39)26(38)28(16,40)25(37)18(13)23(35)19(15)22(14)34/h9,12-13,16,21,34,36-37,40H,7-8,10-11H2,1-6H3,(H2,30,39)/t12?,13?,16-,21-,28-/m0/s1. The van der Waals surface area contributed by atoms with Gasteiger partial charge in [0.2, 0.25) is 5.78 Å². The van der Waals surface area contributed by atoms with Crippen LogP contribution in [0.25, 0.3) is 0 Å². The van der Waals surface area contributed by atoms with E-state index in [1.165, 1.54) is 4.90 Å². The fourth-order valence-electron chi connectivity index (χ4n) is 6.41. The van der Waals surface area contributed by atoms with E-state index in [4.69, 9.17) is 5.73 Å². The van der Waals surface area contributed by atoms with Crippen molar-refractivity contribution in [3.05, 3.63) is 45.4 Å². The van der Waals surface area contributed by atoms with Crippen molar-refractivity contribution in [1.82, 2.24) is 9.80 Å². The molecule has 0 heterocycles. The molecule has 0 saturated carbocycles. The minimum atomic E-state index is -2.70. The number of likely N-dealkylation sites (N-methyl/N-ethyl adjacent to an activating group) is 1. The van der Waals surface area contributed by atoms with E-state index in [0.29, 0.717) is 16.8 Å². The molecule has 6 N–H and O–H groups in total. The second kappa shape index (κ2) is 10.2. The summed E-state index contributed by atoms with van der Waals surface area (Å²) in [5.41, 5.74) is 3.10. The van der Waals surface area contributed by atoms with Crippen LogP contribution < -0.4 is 10.6 Å². The van der Waals surface area contributed by atoms with E-state index in [-0.39, 0.29) is 36.3 Å². The Morgan fingerprint density at radius 1 is 1.18 bits per heavy atom. The number of nitrogens with two attached hydrogens (primary N) is 1. The Morgan fingerprint density at radius 3 is 2.33 bits per heavy atom. The van der Waals surface area contributed by atoms with E-state index < -0.39 is 70.8 Å². The van der Waals surface area contributed by atoms with Crippen molar-refractivity contribution < 1.29 is 39.2 Å². The fourth-order valence-corrected chi connectivity index (χ4v) is 6.41. The minimum absolute atomic E-state index is 0.0118. The van der Waals surface area contributed by atoms with Gasteiger partial charge in [-0.15, -0.1) is 0 Å². The number of hydrogen-bond donors (Lipinski definition) is 5. The van der Waals surface area contributed by atoms with Gasteiger partial charge in [-0.2, -0.15) is 0 Å². The first-order chi connectivity index (χ1) is 18.6. The number of Topliss-reactive ketones (excluding diaryl/α,β-unsaturated/α-hetero) is 2. The van der Waals surface area contributed by atoms with E-state index in [0.717, 1.165) is 0 Å². The van der Waals surface area contributed by atoms with Crippen molar-refractivity contribution >= 4 is 23.2 Å². The lowest BCUT2D eigenvalue weighted by Gasteiger charge is -2.50. The number of phenols is 1. The molecule has 12 heteroatoms.